The Hall–Kier alpha value is -2.89. The third-order valence-corrected chi connectivity index (χ3v) is 9.87. The van der Waals surface area contributed by atoms with Crippen molar-refractivity contribution >= 4 is 35.1 Å². The van der Waals surface area contributed by atoms with Crippen molar-refractivity contribution < 1.29 is 19.4 Å². The number of nitrogens with zero attached hydrogens (tertiary/aromatic N) is 1. The van der Waals surface area contributed by atoms with Crippen LogP contribution < -0.4 is 0 Å². The number of allylic oxidation sites excluding steroid dienone is 2. The first-order chi connectivity index (χ1) is 19.5. The second-order valence-corrected chi connectivity index (χ2v) is 12.2. The summed E-state index contributed by atoms with van der Waals surface area (Å²) in [6.45, 7) is 2.67. The minimum Gasteiger partial charge on any atom is -0.508 e. The Kier molecular flexibility index (Phi) is 7.87. The van der Waals surface area contributed by atoms with Crippen molar-refractivity contribution in [2.75, 3.05) is 6.61 Å². The lowest BCUT2D eigenvalue weighted by molar-refractivity contribution is -0.143. The molecule has 6 rings (SSSR count). The van der Waals surface area contributed by atoms with Crippen LogP contribution in [0.1, 0.15) is 75.8 Å². The van der Waals surface area contributed by atoms with Gasteiger partial charge in [0.05, 0.1) is 29.6 Å². The van der Waals surface area contributed by atoms with E-state index in [1.54, 1.807) is 17.0 Å². The molecule has 2 amide bonds. The summed E-state index contributed by atoms with van der Waals surface area (Å²) in [6, 6.07) is 15.4. The molecule has 40 heavy (non-hydrogen) atoms. The molecular formula is C34H38ClNO4. The average molecular weight is 560 g/mol. The van der Waals surface area contributed by atoms with Crippen molar-refractivity contribution in [1.82, 2.24) is 4.90 Å². The molecule has 2 aromatic rings. The zero-order valence-electron chi connectivity index (χ0n) is 23.2. The minimum atomic E-state index is -0.273. The fourth-order valence-corrected chi connectivity index (χ4v) is 7.82. The van der Waals surface area contributed by atoms with E-state index in [1.165, 1.54) is 17.6 Å². The fraction of sp³-hybridized carbons (Fsp3) is 0.471. The average Bonchev–Trinajstić information content (AvgIpc) is 3.50. The van der Waals surface area contributed by atoms with E-state index in [4.69, 9.17) is 16.3 Å². The van der Waals surface area contributed by atoms with Gasteiger partial charge in [0.25, 0.3) is 0 Å². The molecule has 0 radical (unpaired) electrons. The number of amides is 2. The highest BCUT2D eigenvalue weighted by Gasteiger charge is 2.57. The lowest BCUT2D eigenvalue weighted by atomic mass is 9.69. The SMILES string of the molecule is CCC1=C2[C@@H](CC/C(=C/c3ccc(O)cc3Cl)c3ccccc3)OC[C@@H]2[C@@H]2C(=O)N(C3CCCCC3)C(=O)[C@@H]2C1. The molecule has 0 aromatic heterocycles. The van der Waals surface area contributed by atoms with Crippen LogP contribution in [-0.2, 0) is 14.3 Å². The van der Waals surface area contributed by atoms with Crippen LogP contribution in [0.25, 0.3) is 11.6 Å². The monoisotopic (exact) mass is 559 g/mol. The highest BCUT2D eigenvalue weighted by Crippen LogP contribution is 2.51. The number of likely N-dealkylation sites (tertiary alicyclic amines) is 1. The number of hydrogen-bond acceptors (Lipinski definition) is 4. The van der Waals surface area contributed by atoms with E-state index in [1.807, 2.05) is 24.3 Å². The Balaban J connectivity index is 1.25. The van der Waals surface area contributed by atoms with E-state index >= 15 is 0 Å². The molecule has 5 nitrogen and oxygen atoms in total. The molecule has 3 fully saturated rings. The van der Waals surface area contributed by atoms with Crippen molar-refractivity contribution in [2.45, 2.75) is 76.9 Å². The van der Waals surface area contributed by atoms with Gasteiger partial charge in [-0.2, -0.15) is 0 Å². The number of carbonyl (C=O) groups excluding carboxylic acids is 2. The van der Waals surface area contributed by atoms with Gasteiger partial charge in [0.1, 0.15) is 5.75 Å². The van der Waals surface area contributed by atoms with Gasteiger partial charge in [-0.1, -0.05) is 73.7 Å². The zero-order chi connectivity index (χ0) is 27.8. The Morgan fingerprint density at radius 2 is 1.82 bits per heavy atom. The fourth-order valence-electron chi connectivity index (χ4n) is 7.59. The topological polar surface area (TPSA) is 66.8 Å². The molecule has 0 bridgehead atoms. The molecule has 210 valence electrons. The molecule has 1 saturated carbocycles. The van der Waals surface area contributed by atoms with Gasteiger partial charge >= 0.3 is 0 Å². The number of imide groups is 1. The molecule has 4 aliphatic rings. The molecule has 6 heteroatoms. The number of hydrogen-bond donors (Lipinski definition) is 1. The third kappa shape index (κ3) is 5.03. The van der Waals surface area contributed by atoms with Gasteiger partial charge in [-0.3, -0.25) is 14.5 Å². The molecular weight excluding hydrogens is 522 g/mol. The molecule has 2 aliphatic carbocycles. The molecule has 0 unspecified atom stereocenters. The number of ether oxygens (including phenoxy) is 1. The Labute approximate surface area is 241 Å². The lowest BCUT2D eigenvalue weighted by Gasteiger charge is -2.31. The van der Waals surface area contributed by atoms with Crippen molar-refractivity contribution in [3.05, 3.63) is 75.8 Å². The lowest BCUT2D eigenvalue weighted by Crippen LogP contribution is -2.42. The van der Waals surface area contributed by atoms with E-state index in [9.17, 15) is 14.7 Å². The van der Waals surface area contributed by atoms with Gasteiger partial charge < -0.3 is 9.84 Å². The summed E-state index contributed by atoms with van der Waals surface area (Å²) in [5.74, 6) is -0.238. The predicted octanol–water partition coefficient (Wildman–Crippen LogP) is 7.43. The van der Waals surface area contributed by atoms with E-state index in [-0.39, 0.29) is 47.5 Å². The summed E-state index contributed by atoms with van der Waals surface area (Å²) in [4.78, 5) is 29.1. The number of benzene rings is 2. The third-order valence-electron chi connectivity index (χ3n) is 9.54. The van der Waals surface area contributed by atoms with Gasteiger partial charge in [-0.15, -0.1) is 0 Å². The van der Waals surface area contributed by atoms with Gasteiger partial charge in [0, 0.05) is 12.0 Å². The number of fused-ring (bicyclic) bond motifs is 3. The Morgan fingerprint density at radius 1 is 1.05 bits per heavy atom. The van der Waals surface area contributed by atoms with Gasteiger partial charge in [0.2, 0.25) is 11.8 Å². The summed E-state index contributed by atoms with van der Waals surface area (Å²) in [5.41, 5.74) is 5.71. The molecule has 2 heterocycles. The molecule has 2 aliphatic heterocycles. The van der Waals surface area contributed by atoms with Crippen LogP contribution in [0, 0.1) is 17.8 Å². The second-order valence-electron chi connectivity index (χ2n) is 11.8. The van der Waals surface area contributed by atoms with Crippen molar-refractivity contribution in [3.8, 4) is 5.75 Å². The highest BCUT2D eigenvalue weighted by molar-refractivity contribution is 6.32. The Bertz CT molecular complexity index is 1340. The number of carbonyl (C=O) groups is 2. The maximum atomic E-state index is 13.8. The van der Waals surface area contributed by atoms with E-state index in [0.717, 1.165) is 61.6 Å². The standard InChI is InChI=1S/C34H38ClNO4/c1-2-21-18-27-32(34(39)36(33(27)38)25-11-7-4-8-12-25)28-20-40-30(31(21)28)16-14-23(22-9-5-3-6-10-22)17-24-13-15-26(37)19-29(24)35/h3,5-6,9-10,13,15,17,19,25,27-28,30,32,37H,2,4,7-8,11-12,14,16,18,20H2,1H3/b23-17-/t27-,28+,30-,32-/m1/s1. The minimum absolute atomic E-state index is 0.000520. The Morgan fingerprint density at radius 3 is 2.55 bits per heavy atom. The van der Waals surface area contributed by atoms with E-state index in [0.29, 0.717) is 18.1 Å². The van der Waals surface area contributed by atoms with Gasteiger partial charge in [-0.25, -0.2) is 0 Å². The maximum absolute atomic E-state index is 13.8. The van der Waals surface area contributed by atoms with Crippen molar-refractivity contribution in [2.24, 2.45) is 17.8 Å². The first-order valence-electron chi connectivity index (χ1n) is 14.9. The number of aromatic hydroxyl groups is 1. The largest absolute Gasteiger partial charge is 0.508 e. The first kappa shape index (κ1) is 27.3. The summed E-state index contributed by atoms with van der Waals surface area (Å²) in [5, 5.41) is 10.3. The summed E-state index contributed by atoms with van der Waals surface area (Å²) < 4.78 is 6.45. The normalized spacial score (nSPS) is 27.4. The van der Waals surface area contributed by atoms with Crippen LogP contribution in [0.15, 0.2) is 59.7 Å². The quantitative estimate of drug-likeness (QED) is 0.218. The van der Waals surface area contributed by atoms with Crippen LogP contribution in [0.4, 0.5) is 0 Å². The van der Waals surface area contributed by atoms with Crippen LogP contribution in [0.2, 0.25) is 5.02 Å². The molecule has 0 spiro atoms. The number of halogens is 1. The highest BCUT2D eigenvalue weighted by atomic mass is 35.5. The number of rotatable bonds is 7. The predicted molar refractivity (Wildman–Crippen MR) is 158 cm³/mol. The number of phenolic OH excluding ortho intramolecular Hbond substituents is 1. The second kappa shape index (κ2) is 11.5. The van der Waals surface area contributed by atoms with Crippen LogP contribution in [0.5, 0.6) is 5.75 Å². The van der Waals surface area contributed by atoms with E-state index in [2.05, 4.69) is 25.1 Å². The zero-order valence-corrected chi connectivity index (χ0v) is 23.9. The van der Waals surface area contributed by atoms with Crippen molar-refractivity contribution in [1.29, 1.82) is 0 Å². The molecule has 1 N–H and O–H groups in total. The van der Waals surface area contributed by atoms with Crippen LogP contribution in [-0.4, -0.2) is 40.6 Å². The molecule has 4 atom stereocenters. The van der Waals surface area contributed by atoms with Crippen LogP contribution >= 0.6 is 11.6 Å². The van der Waals surface area contributed by atoms with E-state index < -0.39 is 0 Å². The van der Waals surface area contributed by atoms with Gasteiger partial charge in [-0.05, 0) is 85.1 Å². The summed E-state index contributed by atoms with van der Waals surface area (Å²) in [7, 11) is 0. The van der Waals surface area contributed by atoms with Gasteiger partial charge in [0.15, 0.2) is 0 Å². The van der Waals surface area contributed by atoms with Crippen LogP contribution in [0.3, 0.4) is 0 Å². The molecule has 2 aromatic carbocycles. The first-order valence-corrected chi connectivity index (χ1v) is 15.3. The van der Waals surface area contributed by atoms with Crippen molar-refractivity contribution in [3.63, 3.8) is 0 Å². The summed E-state index contributed by atoms with van der Waals surface area (Å²) >= 11 is 6.46. The molecule has 2 saturated heterocycles. The smallest absolute Gasteiger partial charge is 0.234 e. The summed E-state index contributed by atoms with van der Waals surface area (Å²) in [6.07, 6.45) is 10.4. The number of phenols is 1. The maximum Gasteiger partial charge on any atom is 0.234 e.